The average Bonchev–Trinajstić information content (AvgIpc) is 2.78. The quantitative estimate of drug-likeness (QED) is 0.206. The van der Waals surface area contributed by atoms with E-state index in [1.807, 2.05) is 6.07 Å². The Bertz CT molecular complexity index is 1400. The molecule has 0 atom stereocenters. The highest BCUT2D eigenvalue weighted by Gasteiger charge is 2.19. The lowest BCUT2D eigenvalue weighted by molar-refractivity contribution is -0.112. The molecule has 0 fully saturated rings. The molecular weight excluding hydrogens is 567 g/mol. The van der Waals surface area contributed by atoms with Crippen LogP contribution in [0.4, 0.5) is 5.69 Å². The third-order valence-corrected chi connectivity index (χ3v) is 6.60. The van der Waals surface area contributed by atoms with Gasteiger partial charge in [-0.3, -0.25) is 4.79 Å². The maximum absolute atomic E-state index is 12.6. The number of halogens is 3. The number of nitrogens with zero attached hydrogens (tertiary/aromatic N) is 1. The molecule has 0 bridgehead atoms. The number of amides is 1. The van der Waals surface area contributed by atoms with Crippen molar-refractivity contribution < 1.29 is 22.1 Å². The summed E-state index contributed by atoms with van der Waals surface area (Å²) < 4.78 is 35.7. The van der Waals surface area contributed by atoms with E-state index in [0.29, 0.717) is 31.5 Å². The van der Waals surface area contributed by atoms with Gasteiger partial charge in [-0.2, -0.15) is 13.7 Å². The molecule has 0 saturated carbocycles. The summed E-state index contributed by atoms with van der Waals surface area (Å²) in [4.78, 5) is 12.5. The summed E-state index contributed by atoms with van der Waals surface area (Å²) in [5, 5.41) is 12.6. The van der Waals surface area contributed by atoms with Gasteiger partial charge in [0, 0.05) is 15.7 Å². The minimum atomic E-state index is -4.10. The zero-order valence-electron chi connectivity index (χ0n) is 17.4. The SMILES string of the molecule is COc1ccc(S(=O)(=O)Oc2ccc(/C=C(\C#N)C(=O)Nc3cc(Cl)cc(Cl)c3)cc2Br)cc1. The Morgan fingerprint density at radius 1 is 1.06 bits per heavy atom. The number of hydrogen-bond acceptors (Lipinski definition) is 6. The molecule has 11 heteroatoms. The van der Waals surface area contributed by atoms with Crippen molar-refractivity contribution >= 4 is 66.9 Å². The topological polar surface area (TPSA) is 105 Å². The Kier molecular flexibility index (Phi) is 8.23. The van der Waals surface area contributed by atoms with E-state index in [4.69, 9.17) is 32.1 Å². The van der Waals surface area contributed by atoms with Crippen molar-refractivity contribution in [3.63, 3.8) is 0 Å². The normalized spacial score (nSPS) is 11.4. The standard InChI is InChI=1S/C23H15BrCl2N2O5S/c1-32-19-3-5-20(6-4-19)34(30,31)33-22-7-2-14(9-21(22)24)8-15(13-27)23(29)28-18-11-16(25)10-17(26)12-18/h2-12H,1H3,(H,28,29)/b15-8+. The third kappa shape index (κ3) is 6.52. The summed E-state index contributed by atoms with van der Waals surface area (Å²) in [5.74, 6) is -0.129. The highest BCUT2D eigenvalue weighted by molar-refractivity contribution is 9.10. The summed E-state index contributed by atoms with van der Waals surface area (Å²) in [6.45, 7) is 0. The predicted molar refractivity (Wildman–Crippen MR) is 134 cm³/mol. The molecule has 1 amide bonds. The second kappa shape index (κ2) is 10.9. The van der Waals surface area contributed by atoms with E-state index < -0.39 is 16.0 Å². The van der Waals surface area contributed by atoms with Gasteiger partial charge in [-0.1, -0.05) is 29.3 Å². The van der Waals surface area contributed by atoms with E-state index in [-0.39, 0.29) is 16.2 Å². The van der Waals surface area contributed by atoms with Gasteiger partial charge in [0.1, 0.15) is 22.3 Å². The molecule has 3 rings (SSSR count). The molecule has 3 aromatic carbocycles. The van der Waals surface area contributed by atoms with Gasteiger partial charge in [0.05, 0.1) is 11.6 Å². The number of rotatable bonds is 7. The molecule has 0 radical (unpaired) electrons. The van der Waals surface area contributed by atoms with Crippen LogP contribution in [0.5, 0.6) is 11.5 Å². The van der Waals surface area contributed by atoms with E-state index in [1.165, 1.54) is 73.8 Å². The highest BCUT2D eigenvalue weighted by Crippen LogP contribution is 2.30. The first-order valence-electron chi connectivity index (χ1n) is 9.38. The van der Waals surface area contributed by atoms with Crippen LogP contribution in [-0.2, 0) is 14.9 Å². The number of carbonyl (C=O) groups is 1. The van der Waals surface area contributed by atoms with Gasteiger partial charge >= 0.3 is 10.1 Å². The van der Waals surface area contributed by atoms with E-state index in [1.54, 1.807) is 0 Å². The van der Waals surface area contributed by atoms with Crippen LogP contribution >= 0.6 is 39.1 Å². The molecule has 1 N–H and O–H groups in total. The molecule has 174 valence electrons. The average molecular weight is 582 g/mol. The van der Waals surface area contributed by atoms with Crippen molar-refractivity contribution in [1.82, 2.24) is 0 Å². The predicted octanol–water partition coefficient (Wildman–Crippen LogP) is 6.08. The lowest BCUT2D eigenvalue weighted by Crippen LogP contribution is -2.13. The molecule has 7 nitrogen and oxygen atoms in total. The van der Waals surface area contributed by atoms with E-state index >= 15 is 0 Å². The van der Waals surface area contributed by atoms with Gasteiger partial charge in [-0.05, 0) is 82.2 Å². The molecule has 0 heterocycles. The molecule has 0 aliphatic heterocycles. The number of carbonyl (C=O) groups excluding carboxylic acids is 1. The number of hydrogen-bond donors (Lipinski definition) is 1. The van der Waals surface area contributed by atoms with Crippen molar-refractivity contribution in [3.05, 3.63) is 86.3 Å². The Labute approximate surface area is 214 Å². The summed E-state index contributed by atoms with van der Waals surface area (Å²) in [6.07, 6.45) is 1.34. The van der Waals surface area contributed by atoms with Crippen LogP contribution in [0, 0.1) is 11.3 Å². The molecule has 3 aromatic rings. The second-order valence-electron chi connectivity index (χ2n) is 6.68. The molecular formula is C23H15BrCl2N2O5S. The monoisotopic (exact) mass is 580 g/mol. The number of ether oxygens (including phenoxy) is 1. The Balaban J connectivity index is 1.79. The van der Waals surface area contributed by atoms with Crippen LogP contribution in [0.25, 0.3) is 6.08 Å². The van der Waals surface area contributed by atoms with Gasteiger partial charge in [0.25, 0.3) is 5.91 Å². The van der Waals surface area contributed by atoms with Crippen molar-refractivity contribution in [2.75, 3.05) is 12.4 Å². The van der Waals surface area contributed by atoms with Crippen molar-refractivity contribution in [3.8, 4) is 17.6 Å². The third-order valence-electron chi connectivity index (χ3n) is 4.30. The highest BCUT2D eigenvalue weighted by atomic mass is 79.9. The first kappa shape index (κ1) is 25.6. The minimum absolute atomic E-state index is 0.0319. The molecule has 0 aliphatic carbocycles. The van der Waals surface area contributed by atoms with Crippen molar-refractivity contribution in [2.45, 2.75) is 4.90 Å². The first-order chi connectivity index (χ1) is 16.1. The smallest absolute Gasteiger partial charge is 0.339 e. The summed E-state index contributed by atoms with van der Waals surface area (Å²) >= 11 is 15.1. The largest absolute Gasteiger partial charge is 0.497 e. The second-order valence-corrected chi connectivity index (χ2v) is 9.96. The maximum atomic E-state index is 12.6. The number of anilines is 1. The fourth-order valence-electron chi connectivity index (χ4n) is 2.72. The molecule has 0 aromatic heterocycles. The van der Waals surface area contributed by atoms with Crippen LogP contribution in [0.1, 0.15) is 5.56 Å². The fraction of sp³-hybridized carbons (Fsp3) is 0.0435. The molecule has 0 saturated heterocycles. The molecule has 0 unspecified atom stereocenters. The van der Waals surface area contributed by atoms with E-state index in [2.05, 4.69) is 21.2 Å². The number of benzene rings is 3. The van der Waals surface area contributed by atoms with Crippen LogP contribution < -0.4 is 14.2 Å². The minimum Gasteiger partial charge on any atom is -0.497 e. The van der Waals surface area contributed by atoms with Crippen LogP contribution in [0.2, 0.25) is 10.0 Å². The first-order valence-corrected chi connectivity index (χ1v) is 12.3. The lowest BCUT2D eigenvalue weighted by Gasteiger charge is -2.10. The summed E-state index contributed by atoms with van der Waals surface area (Å²) in [5.41, 5.74) is 0.594. The van der Waals surface area contributed by atoms with Gasteiger partial charge in [0.15, 0.2) is 5.75 Å². The lowest BCUT2D eigenvalue weighted by atomic mass is 10.1. The Morgan fingerprint density at radius 3 is 2.26 bits per heavy atom. The fourth-order valence-corrected chi connectivity index (χ4v) is 4.78. The maximum Gasteiger partial charge on any atom is 0.339 e. The summed E-state index contributed by atoms with van der Waals surface area (Å²) in [6, 6.07) is 16.5. The van der Waals surface area contributed by atoms with Gasteiger partial charge in [-0.15, -0.1) is 0 Å². The van der Waals surface area contributed by atoms with Crippen LogP contribution in [0.15, 0.2) is 75.6 Å². The number of nitriles is 1. The van der Waals surface area contributed by atoms with Crippen LogP contribution in [-0.4, -0.2) is 21.4 Å². The molecule has 0 spiro atoms. The van der Waals surface area contributed by atoms with Gasteiger partial charge < -0.3 is 14.2 Å². The van der Waals surface area contributed by atoms with E-state index in [9.17, 15) is 18.5 Å². The van der Waals surface area contributed by atoms with Crippen LogP contribution in [0.3, 0.4) is 0 Å². The number of methoxy groups -OCH3 is 1. The van der Waals surface area contributed by atoms with Gasteiger partial charge in [0.2, 0.25) is 0 Å². The number of nitrogens with one attached hydrogen (secondary N) is 1. The molecule has 0 aliphatic rings. The zero-order valence-corrected chi connectivity index (χ0v) is 21.3. The Hall–Kier alpha value is -3.03. The van der Waals surface area contributed by atoms with E-state index in [0.717, 1.165) is 0 Å². The van der Waals surface area contributed by atoms with Crippen molar-refractivity contribution in [1.29, 1.82) is 5.26 Å². The zero-order chi connectivity index (χ0) is 24.9. The van der Waals surface area contributed by atoms with Gasteiger partial charge in [-0.25, -0.2) is 0 Å². The Morgan fingerprint density at radius 2 is 1.71 bits per heavy atom. The summed E-state index contributed by atoms with van der Waals surface area (Å²) in [7, 11) is -2.62. The van der Waals surface area contributed by atoms with Crippen molar-refractivity contribution in [2.24, 2.45) is 0 Å². The molecule has 34 heavy (non-hydrogen) atoms.